The summed E-state index contributed by atoms with van der Waals surface area (Å²) in [5.74, 6) is -1.63. The second-order valence-electron chi connectivity index (χ2n) is 7.10. The zero-order chi connectivity index (χ0) is 21.4. The third kappa shape index (κ3) is 6.27. The Morgan fingerprint density at radius 2 is 1.79 bits per heavy atom. The zero-order valence-electron chi connectivity index (χ0n) is 17.6. The van der Waals surface area contributed by atoms with E-state index in [2.05, 4.69) is 10.6 Å². The first kappa shape index (κ1) is 22.8. The number of hydrogen-bond donors (Lipinski definition) is 2. The Labute approximate surface area is 171 Å². The molecule has 8 nitrogen and oxygen atoms in total. The van der Waals surface area contributed by atoms with Crippen LogP contribution in [0.25, 0.3) is 0 Å². The third-order valence-corrected chi connectivity index (χ3v) is 4.56. The number of rotatable bonds is 8. The van der Waals surface area contributed by atoms with Crippen LogP contribution < -0.4 is 15.5 Å². The van der Waals surface area contributed by atoms with Crippen LogP contribution in [-0.4, -0.2) is 50.3 Å². The lowest BCUT2D eigenvalue weighted by Crippen LogP contribution is -2.41. The maximum atomic E-state index is 12.5. The fraction of sp³-hybridized carbons (Fsp3) is 0.571. The van der Waals surface area contributed by atoms with Crippen molar-refractivity contribution >= 4 is 29.1 Å². The number of carbonyl (C=O) groups is 3. The first-order chi connectivity index (χ1) is 13.9. The van der Waals surface area contributed by atoms with Gasteiger partial charge in [-0.3, -0.25) is 14.4 Å². The summed E-state index contributed by atoms with van der Waals surface area (Å²) in [6.45, 7) is 8.98. The van der Waals surface area contributed by atoms with Crippen molar-refractivity contribution in [3.8, 4) is 0 Å². The molecular formula is C21H31N3O5. The number of benzene rings is 1. The van der Waals surface area contributed by atoms with Crippen LogP contribution in [0.15, 0.2) is 18.2 Å². The van der Waals surface area contributed by atoms with Gasteiger partial charge in [0, 0.05) is 37.1 Å². The Bertz CT molecular complexity index is 729. The van der Waals surface area contributed by atoms with Crippen LogP contribution in [-0.2, 0) is 30.3 Å². The third-order valence-electron chi connectivity index (χ3n) is 4.56. The molecule has 8 heteroatoms. The fourth-order valence-electron chi connectivity index (χ4n) is 3.17. The number of anilines is 2. The number of fused-ring (bicyclic) bond motifs is 1. The summed E-state index contributed by atoms with van der Waals surface area (Å²) < 4.78 is 10.7. The predicted molar refractivity (Wildman–Crippen MR) is 111 cm³/mol. The molecule has 1 heterocycles. The molecule has 0 aromatic heterocycles. The zero-order valence-corrected chi connectivity index (χ0v) is 17.6. The molecule has 0 atom stereocenters. The Morgan fingerprint density at radius 1 is 1.10 bits per heavy atom. The molecule has 160 valence electrons. The Kier molecular flexibility index (Phi) is 8.60. The summed E-state index contributed by atoms with van der Waals surface area (Å²) in [7, 11) is 0. The molecule has 2 N–H and O–H groups in total. The van der Waals surface area contributed by atoms with Gasteiger partial charge in [-0.1, -0.05) is 19.9 Å². The van der Waals surface area contributed by atoms with Gasteiger partial charge in [-0.15, -0.1) is 0 Å². The van der Waals surface area contributed by atoms with Gasteiger partial charge in [-0.2, -0.15) is 0 Å². The molecule has 2 rings (SSSR count). The molecule has 1 aliphatic heterocycles. The largest absolute Gasteiger partial charge is 0.351 e. The summed E-state index contributed by atoms with van der Waals surface area (Å²) >= 11 is 0. The van der Waals surface area contributed by atoms with Gasteiger partial charge in [-0.25, -0.2) is 0 Å². The van der Waals surface area contributed by atoms with Gasteiger partial charge in [0.05, 0.1) is 6.54 Å². The van der Waals surface area contributed by atoms with E-state index in [-0.39, 0.29) is 18.4 Å². The van der Waals surface area contributed by atoms with Crippen molar-refractivity contribution in [3.05, 3.63) is 23.8 Å². The number of amides is 3. The van der Waals surface area contributed by atoms with E-state index >= 15 is 0 Å². The van der Waals surface area contributed by atoms with Crippen LogP contribution in [0.5, 0.6) is 0 Å². The highest BCUT2D eigenvalue weighted by Gasteiger charge is 2.25. The van der Waals surface area contributed by atoms with Crippen molar-refractivity contribution in [2.24, 2.45) is 5.92 Å². The minimum absolute atomic E-state index is 0.0464. The Hall–Kier alpha value is -2.45. The van der Waals surface area contributed by atoms with Gasteiger partial charge in [0.2, 0.25) is 5.91 Å². The van der Waals surface area contributed by atoms with Gasteiger partial charge in [0.25, 0.3) is 0 Å². The molecular weight excluding hydrogens is 374 g/mol. The number of aryl methyl sites for hydroxylation is 1. The van der Waals surface area contributed by atoms with Gasteiger partial charge < -0.3 is 25.0 Å². The second-order valence-corrected chi connectivity index (χ2v) is 7.10. The van der Waals surface area contributed by atoms with E-state index in [1.54, 1.807) is 17.0 Å². The minimum atomic E-state index is -0.783. The molecule has 0 bridgehead atoms. The molecule has 0 saturated carbocycles. The van der Waals surface area contributed by atoms with E-state index in [1.165, 1.54) is 0 Å². The standard InChI is InChI=1S/C21H31N3O5/c1-5-28-18(29-6-2)13-22-19(25)20(26)23-16-10-9-15-8-7-11-24(17(15)12-16)21(27)14(3)4/h9-10,12,14,18H,5-8,11,13H2,1-4H3,(H,22,25)(H,23,26). The van der Waals surface area contributed by atoms with Gasteiger partial charge in [0.15, 0.2) is 6.29 Å². The summed E-state index contributed by atoms with van der Waals surface area (Å²) in [6.07, 6.45) is 1.18. The van der Waals surface area contributed by atoms with Gasteiger partial charge in [-0.05, 0) is 44.4 Å². The highest BCUT2D eigenvalue weighted by molar-refractivity contribution is 6.39. The SMILES string of the molecule is CCOC(CNC(=O)C(=O)Nc1ccc2c(c1)N(C(=O)C(C)C)CCC2)OCC. The van der Waals surface area contributed by atoms with Crippen molar-refractivity contribution in [1.29, 1.82) is 0 Å². The molecule has 3 amide bonds. The molecule has 0 unspecified atom stereocenters. The van der Waals surface area contributed by atoms with Gasteiger partial charge in [0.1, 0.15) is 0 Å². The maximum Gasteiger partial charge on any atom is 0.313 e. The Morgan fingerprint density at radius 3 is 2.41 bits per heavy atom. The smallest absolute Gasteiger partial charge is 0.313 e. The summed E-state index contributed by atoms with van der Waals surface area (Å²) in [5.41, 5.74) is 2.32. The molecule has 0 fully saturated rings. The average Bonchev–Trinajstić information content (AvgIpc) is 2.70. The van der Waals surface area contributed by atoms with Gasteiger partial charge >= 0.3 is 11.8 Å². The molecule has 0 spiro atoms. The summed E-state index contributed by atoms with van der Waals surface area (Å²) in [5, 5.41) is 5.11. The molecule has 1 aromatic carbocycles. The van der Waals surface area contributed by atoms with Crippen molar-refractivity contribution < 1.29 is 23.9 Å². The number of ether oxygens (including phenoxy) is 2. The van der Waals surface area contributed by atoms with Crippen LogP contribution in [0.3, 0.4) is 0 Å². The highest BCUT2D eigenvalue weighted by Crippen LogP contribution is 2.31. The topological polar surface area (TPSA) is 97.0 Å². The van der Waals surface area contributed by atoms with Crippen LogP contribution >= 0.6 is 0 Å². The number of hydrogen-bond acceptors (Lipinski definition) is 5. The number of nitrogens with one attached hydrogen (secondary N) is 2. The van der Waals surface area contributed by atoms with Crippen molar-refractivity contribution in [1.82, 2.24) is 5.32 Å². The minimum Gasteiger partial charge on any atom is -0.351 e. The molecule has 0 radical (unpaired) electrons. The first-order valence-electron chi connectivity index (χ1n) is 10.1. The lowest BCUT2D eigenvalue weighted by atomic mass is 9.99. The highest BCUT2D eigenvalue weighted by atomic mass is 16.7. The van der Waals surface area contributed by atoms with E-state index in [0.29, 0.717) is 25.4 Å². The van der Waals surface area contributed by atoms with Crippen molar-refractivity contribution in [3.63, 3.8) is 0 Å². The van der Waals surface area contributed by atoms with E-state index in [4.69, 9.17) is 9.47 Å². The maximum absolute atomic E-state index is 12.5. The molecule has 1 aliphatic rings. The van der Waals surface area contributed by atoms with E-state index in [1.807, 2.05) is 33.8 Å². The second kappa shape index (κ2) is 10.9. The van der Waals surface area contributed by atoms with Crippen LogP contribution in [0.1, 0.15) is 39.7 Å². The quantitative estimate of drug-likeness (QED) is 0.510. The molecule has 0 saturated heterocycles. The average molecular weight is 405 g/mol. The normalized spacial score (nSPS) is 13.4. The number of nitrogens with zero attached hydrogens (tertiary/aromatic N) is 1. The molecule has 1 aromatic rings. The van der Waals surface area contributed by atoms with Crippen molar-refractivity contribution in [2.75, 3.05) is 36.5 Å². The monoisotopic (exact) mass is 405 g/mol. The van der Waals surface area contributed by atoms with Crippen LogP contribution in [0, 0.1) is 5.92 Å². The van der Waals surface area contributed by atoms with E-state index < -0.39 is 18.1 Å². The molecule has 0 aliphatic carbocycles. The van der Waals surface area contributed by atoms with Crippen LogP contribution in [0.4, 0.5) is 11.4 Å². The lowest BCUT2D eigenvalue weighted by Gasteiger charge is -2.31. The molecule has 29 heavy (non-hydrogen) atoms. The number of carbonyl (C=O) groups excluding carboxylic acids is 3. The fourth-order valence-corrected chi connectivity index (χ4v) is 3.17. The van der Waals surface area contributed by atoms with Crippen molar-refractivity contribution in [2.45, 2.75) is 46.8 Å². The van der Waals surface area contributed by atoms with E-state index in [0.717, 1.165) is 24.1 Å². The van der Waals surface area contributed by atoms with Crippen LogP contribution in [0.2, 0.25) is 0 Å². The van der Waals surface area contributed by atoms with E-state index in [9.17, 15) is 14.4 Å². The Balaban J connectivity index is 2.02. The predicted octanol–water partition coefficient (Wildman–Crippen LogP) is 2.08. The first-order valence-corrected chi connectivity index (χ1v) is 10.1. The summed E-state index contributed by atoms with van der Waals surface area (Å²) in [4.78, 5) is 38.6. The lowest BCUT2D eigenvalue weighted by molar-refractivity contribution is -0.145. The summed E-state index contributed by atoms with van der Waals surface area (Å²) in [6, 6.07) is 5.39.